The molecule has 0 bridgehead atoms. The molecule has 2 aromatic rings. The van der Waals surface area contributed by atoms with Crippen LogP contribution in [0, 0.1) is 20.8 Å². The summed E-state index contributed by atoms with van der Waals surface area (Å²) >= 11 is 0. The van der Waals surface area contributed by atoms with Gasteiger partial charge in [-0.15, -0.1) is 9.24 Å². The molecule has 0 N–H and O–H groups in total. The van der Waals surface area contributed by atoms with Crippen molar-refractivity contribution in [2.45, 2.75) is 26.9 Å². The molecule has 15 heavy (non-hydrogen) atoms. The Labute approximate surface area is 92.3 Å². The Morgan fingerprint density at radius 2 is 1.87 bits per heavy atom. The van der Waals surface area contributed by atoms with Crippen LogP contribution in [0.5, 0.6) is 0 Å². The SMILES string of the molecule is Cc1c(CP)cc2ncnc(C)c2c1C. The number of hydrogen-bond acceptors (Lipinski definition) is 2. The highest BCUT2D eigenvalue weighted by molar-refractivity contribution is 7.15. The summed E-state index contributed by atoms with van der Waals surface area (Å²) < 4.78 is 0. The third-order valence-electron chi connectivity index (χ3n) is 3.02. The lowest BCUT2D eigenvalue weighted by atomic mass is 9.98. The van der Waals surface area contributed by atoms with Crippen LogP contribution in [0.2, 0.25) is 0 Å². The fourth-order valence-electron chi connectivity index (χ4n) is 1.98. The second-order valence-electron chi connectivity index (χ2n) is 3.84. The first-order valence-electron chi connectivity index (χ1n) is 5.05. The minimum Gasteiger partial charge on any atom is -0.241 e. The van der Waals surface area contributed by atoms with E-state index in [1.54, 1.807) is 6.33 Å². The third kappa shape index (κ3) is 1.63. The van der Waals surface area contributed by atoms with E-state index >= 15 is 0 Å². The number of benzene rings is 1. The van der Waals surface area contributed by atoms with E-state index in [0.29, 0.717) is 0 Å². The topological polar surface area (TPSA) is 25.8 Å². The van der Waals surface area contributed by atoms with Crippen molar-refractivity contribution in [1.82, 2.24) is 9.97 Å². The van der Waals surface area contributed by atoms with Crippen LogP contribution in [-0.2, 0) is 6.16 Å². The van der Waals surface area contributed by atoms with Crippen LogP contribution in [0.1, 0.15) is 22.4 Å². The standard InChI is InChI=1S/C12H15N2P/c1-7-8(2)12-9(3)13-6-14-11(12)4-10(7)5-15/h4,6H,5,15H2,1-3H3. The number of rotatable bonds is 1. The summed E-state index contributed by atoms with van der Waals surface area (Å²) in [4.78, 5) is 8.58. The molecule has 2 nitrogen and oxygen atoms in total. The molecule has 0 aliphatic heterocycles. The molecule has 0 saturated heterocycles. The van der Waals surface area contributed by atoms with E-state index in [1.807, 2.05) is 6.92 Å². The third-order valence-corrected chi connectivity index (χ3v) is 3.46. The molecule has 0 fully saturated rings. The monoisotopic (exact) mass is 218 g/mol. The van der Waals surface area contributed by atoms with Crippen molar-refractivity contribution >= 4 is 20.1 Å². The van der Waals surface area contributed by atoms with Gasteiger partial charge in [0.25, 0.3) is 0 Å². The first kappa shape index (κ1) is 10.5. The predicted octanol–water partition coefficient (Wildman–Crippen LogP) is 2.93. The zero-order valence-corrected chi connectivity index (χ0v) is 10.5. The molecule has 0 aliphatic carbocycles. The van der Waals surface area contributed by atoms with Gasteiger partial charge in [-0.05, 0) is 49.7 Å². The van der Waals surface area contributed by atoms with Crippen molar-refractivity contribution in [3.8, 4) is 0 Å². The molecule has 1 aromatic carbocycles. The second kappa shape index (κ2) is 3.86. The first-order chi connectivity index (χ1) is 7.15. The van der Waals surface area contributed by atoms with Crippen molar-refractivity contribution in [3.63, 3.8) is 0 Å². The van der Waals surface area contributed by atoms with Gasteiger partial charge in [0.15, 0.2) is 0 Å². The zero-order valence-electron chi connectivity index (χ0n) is 9.33. The van der Waals surface area contributed by atoms with E-state index in [4.69, 9.17) is 0 Å². The molecule has 2 rings (SSSR count). The Morgan fingerprint density at radius 1 is 1.13 bits per heavy atom. The Kier molecular flexibility index (Phi) is 2.70. The molecule has 0 spiro atoms. The molecular formula is C12H15N2P. The van der Waals surface area contributed by atoms with E-state index in [9.17, 15) is 0 Å². The molecule has 0 saturated carbocycles. The summed E-state index contributed by atoms with van der Waals surface area (Å²) in [5.41, 5.74) is 6.14. The van der Waals surface area contributed by atoms with E-state index in [1.165, 1.54) is 22.1 Å². The lowest BCUT2D eigenvalue weighted by Gasteiger charge is -2.11. The summed E-state index contributed by atoms with van der Waals surface area (Å²) in [6.45, 7) is 6.36. The molecule has 0 aliphatic rings. The van der Waals surface area contributed by atoms with Gasteiger partial charge in [0.1, 0.15) is 6.33 Å². The average Bonchev–Trinajstić information content (AvgIpc) is 2.23. The number of aryl methyl sites for hydroxylation is 2. The molecule has 1 unspecified atom stereocenters. The van der Waals surface area contributed by atoms with Gasteiger partial charge in [-0.25, -0.2) is 9.97 Å². The summed E-state index contributed by atoms with van der Waals surface area (Å²) in [6, 6.07) is 2.17. The Bertz CT molecular complexity index is 521. The van der Waals surface area contributed by atoms with Crippen LogP contribution >= 0.6 is 9.24 Å². The largest absolute Gasteiger partial charge is 0.241 e. The van der Waals surface area contributed by atoms with Gasteiger partial charge in [0, 0.05) is 11.1 Å². The molecule has 78 valence electrons. The van der Waals surface area contributed by atoms with Crippen LogP contribution < -0.4 is 0 Å². The summed E-state index contributed by atoms with van der Waals surface area (Å²) in [7, 11) is 2.77. The van der Waals surface area contributed by atoms with Crippen molar-refractivity contribution < 1.29 is 0 Å². The molecule has 3 heteroatoms. The highest BCUT2D eigenvalue weighted by Crippen LogP contribution is 2.26. The normalized spacial score (nSPS) is 10.9. The van der Waals surface area contributed by atoms with Gasteiger partial charge in [-0.3, -0.25) is 0 Å². The summed E-state index contributed by atoms with van der Waals surface area (Å²) in [6.07, 6.45) is 2.62. The van der Waals surface area contributed by atoms with Gasteiger partial charge in [0.05, 0.1) is 5.52 Å². The molecule has 1 aromatic heterocycles. The quantitative estimate of drug-likeness (QED) is 0.688. The van der Waals surface area contributed by atoms with Crippen molar-refractivity contribution in [1.29, 1.82) is 0 Å². The summed E-state index contributed by atoms with van der Waals surface area (Å²) in [5, 5.41) is 1.21. The van der Waals surface area contributed by atoms with Gasteiger partial charge in [-0.2, -0.15) is 0 Å². The minimum atomic E-state index is 0.978. The summed E-state index contributed by atoms with van der Waals surface area (Å²) in [5.74, 6) is 0. The predicted molar refractivity (Wildman–Crippen MR) is 67.2 cm³/mol. The number of fused-ring (bicyclic) bond motifs is 1. The lowest BCUT2D eigenvalue weighted by molar-refractivity contribution is 1.13. The number of nitrogens with zero attached hydrogens (tertiary/aromatic N) is 2. The average molecular weight is 218 g/mol. The maximum atomic E-state index is 4.33. The fourth-order valence-corrected chi connectivity index (χ4v) is 2.40. The second-order valence-corrected chi connectivity index (χ2v) is 4.25. The van der Waals surface area contributed by atoms with E-state index < -0.39 is 0 Å². The number of hydrogen-bond donors (Lipinski definition) is 0. The minimum absolute atomic E-state index is 0.978. The van der Waals surface area contributed by atoms with E-state index in [-0.39, 0.29) is 0 Å². The van der Waals surface area contributed by atoms with Crippen LogP contribution in [0.15, 0.2) is 12.4 Å². The van der Waals surface area contributed by atoms with Crippen LogP contribution in [-0.4, -0.2) is 9.97 Å². The Balaban J connectivity index is 2.91. The van der Waals surface area contributed by atoms with Gasteiger partial charge < -0.3 is 0 Å². The molecule has 1 atom stereocenters. The van der Waals surface area contributed by atoms with Gasteiger partial charge in [-0.1, -0.05) is 0 Å². The van der Waals surface area contributed by atoms with Crippen molar-refractivity contribution in [2.24, 2.45) is 0 Å². The van der Waals surface area contributed by atoms with E-state index in [2.05, 4.69) is 39.1 Å². The molecule has 0 radical (unpaired) electrons. The Hall–Kier alpha value is -1.01. The molecule has 1 heterocycles. The fraction of sp³-hybridized carbons (Fsp3) is 0.333. The highest BCUT2D eigenvalue weighted by atomic mass is 31.0. The highest BCUT2D eigenvalue weighted by Gasteiger charge is 2.08. The molecular weight excluding hydrogens is 203 g/mol. The van der Waals surface area contributed by atoms with E-state index in [0.717, 1.165) is 17.4 Å². The van der Waals surface area contributed by atoms with Gasteiger partial charge >= 0.3 is 0 Å². The Morgan fingerprint density at radius 3 is 2.53 bits per heavy atom. The van der Waals surface area contributed by atoms with Crippen molar-refractivity contribution in [2.75, 3.05) is 0 Å². The lowest BCUT2D eigenvalue weighted by Crippen LogP contribution is -1.96. The smallest absolute Gasteiger partial charge is 0.116 e. The van der Waals surface area contributed by atoms with Crippen molar-refractivity contribution in [3.05, 3.63) is 34.8 Å². The number of aromatic nitrogens is 2. The maximum Gasteiger partial charge on any atom is 0.116 e. The molecule has 0 amide bonds. The zero-order chi connectivity index (χ0) is 11.0. The maximum absolute atomic E-state index is 4.33. The van der Waals surface area contributed by atoms with Crippen LogP contribution in [0.25, 0.3) is 10.9 Å². The first-order valence-corrected chi connectivity index (χ1v) is 5.87. The van der Waals surface area contributed by atoms with Crippen LogP contribution in [0.3, 0.4) is 0 Å². The van der Waals surface area contributed by atoms with Gasteiger partial charge in [0.2, 0.25) is 0 Å². The van der Waals surface area contributed by atoms with Crippen LogP contribution in [0.4, 0.5) is 0 Å².